The minimum atomic E-state index is -0.508. The number of carbonyl (C=O) groups is 1. The fourth-order valence-corrected chi connectivity index (χ4v) is 2.97. The first-order chi connectivity index (χ1) is 15.4. The van der Waals surface area contributed by atoms with Gasteiger partial charge in [-0.05, 0) is 60.9 Å². The maximum atomic E-state index is 12.7. The number of hydrogen-bond acceptors (Lipinski definition) is 5. The van der Waals surface area contributed by atoms with Crippen LogP contribution in [0.1, 0.15) is 22.3 Å². The van der Waals surface area contributed by atoms with Crippen LogP contribution in [-0.4, -0.2) is 10.8 Å². The maximum Gasteiger partial charge on any atom is 0.269 e. The number of benzene rings is 3. The highest BCUT2D eigenvalue weighted by molar-refractivity contribution is 6.10. The molecule has 3 aromatic rings. The van der Waals surface area contributed by atoms with E-state index >= 15 is 0 Å². The average molecular weight is 427 g/mol. The number of non-ortho nitro benzene ring substituents is 1. The van der Waals surface area contributed by atoms with Crippen molar-refractivity contribution in [3.63, 3.8) is 0 Å². The van der Waals surface area contributed by atoms with Crippen molar-refractivity contribution in [2.24, 2.45) is 0 Å². The summed E-state index contributed by atoms with van der Waals surface area (Å²) < 4.78 is 5.85. The van der Waals surface area contributed by atoms with E-state index in [-0.39, 0.29) is 17.9 Å². The van der Waals surface area contributed by atoms with Crippen LogP contribution in [0.4, 0.5) is 11.4 Å². The molecule has 7 heteroatoms. The number of amides is 1. The molecule has 3 rings (SSSR count). The van der Waals surface area contributed by atoms with Crippen molar-refractivity contribution in [2.75, 3.05) is 5.32 Å². The predicted octanol–water partition coefficient (Wildman–Crippen LogP) is 5.34. The van der Waals surface area contributed by atoms with Crippen LogP contribution in [0.3, 0.4) is 0 Å². The van der Waals surface area contributed by atoms with Crippen LogP contribution in [0.5, 0.6) is 5.75 Å². The van der Waals surface area contributed by atoms with E-state index in [1.165, 1.54) is 18.2 Å². The van der Waals surface area contributed by atoms with Gasteiger partial charge in [-0.15, -0.1) is 0 Å². The van der Waals surface area contributed by atoms with Gasteiger partial charge in [0.15, 0.2) is 0 Å². The number of hydrogen-bond donors (Lipinski definition) is 1. The van der Waals surface area contributed by atoms with Gasteiger partial charge in [0.25, 0.3) is 11.6 Å². The molecule has 0 spiro atoms. The smallest absolute Gasteiger partial charge is 0.269 e. The van der Waals surface area contributed by atoms with Gasteiger partial charge in [-0.1, -0.05) is 30.3 Å². The number of aryl methyl sites for hydroxylation is 2. The first kappa shape index (κ1) is 22.2. The second kappa shape index (κ2) is 10.0. The van der Waals surface area contributed by atoms with E-state index in [0.29, 0.717) is 17.0 Å². The number of nitriles is 1. The molecule has 0 fully saturated rings. The van der Waals surface area contributed by atoms with Gasteiger partial charge in [0.2, 0.25) is 0 Å². The van der Waals surface area contributed by atoms with Gasteiger partial charge < -0.3 is 10.1 Å². The Morgan fingerprint density at radius 2 is 1.84 bits per heavy atom. The highest BCUT2D eigenvalue weighted by Crippen LogP contribution is 2.24. The summed E-state index contributed by atoms with van der Waals surface area (Å²) in [4.78, 5) is 23.0. The molecular weight excluding hydrogens is 406 g/mol. The van der Waals surface area contributed by atoms with Crippen molar-refractivity contribution >= 4 is 23.4 Å². The van der Waals surface area contributed by atoms with Crippen molar-refractivity contribution in [1.29, 1.82) is 5.26 Å². The summed E-state index contributed by atoms with van der Waals surface area (Å²) in [5.41, 5.74) is 3.82. The van der Waals surface area contributed by atoms with Crippen molar-refractivity contribution in [2.45, 2.75) is 20.5 Å². The van der Waals surface area contributed by atoms with E-state index in [9.17, 15) is 20.2 Å². The number of nitro benzene ring substituents is 1. The molecule has 0 heterocycles. The zero-order valence-corrected chi connectivity index (χ0v) is 17.7. The Morgan fingerprint density at radius 3 is 2.53 bits per heavy atom. The van der Waals surface area contributed by atoms with Crippen molar-refractivity contribution in [1.82, 2.24) is 0 Å². The van der Waals surface area contributed by atoms with Crippen LogP contribution >= 0.6 is 0 Å². The third-order valence-corrected chi connectivity index (χ3v) is 4.77. The van der Waals surface area contributed by atoms with Gasteiger partial charge in [0.05, 0.1) is 4.92 Å². The maximum absolute atomic E-state index is 12.7. The number of ether oxygens (including phenoxy) is 1. The average Bonchev–Trinajstić information content (AvgIpc) is 2.79. The van der Waals surface area contributed by atoms with E-state index in [2.05, 4.69) is 5.32 Å². The standard InChI is InChI=1S/C25H21N3O4/c1-17-7-8-18(2)23(13-17)27-25(29)21(15-26)14-20-5-3-4-6-24(20)32-16-19-9-11-22(12-10-19)28(30)31/h3-14H,16H2,1-2H3,(H,27,29)/b21-14+. The lowest BCUT2D eigenvalue weighted by atomic mass is 10.1. The van der Waals surface area contributed by atoms with E-state index in [4.69, 9.17) is 4.74 Å². The molecule has 0 aliphatic heterocycles. The molecule has 32 heavy (non-hydrogen) atoms. The number of rotatable bonds is 7. The fourth-order valence-electron chi connectivity index (χ4n) is 2.97. The molecule has 0 aromatic heterocycles. The number of nitro groups is 1. The molecule has 160 valence electrons. The lowest BCUT2D eigenvalue weighted by Crippen LogP contribution is -2.14. The molecule has 0 saturated carbocycles. The molecule has 0 saturated heterocycles. The largest absolute Gasteiger partial charge is 0.488 e. The molecular formula is C25H21N3O4. The topological polar surface area (TPSA) is 105 Å². The normalized spacial score (nSPS) is 10.8. The summed E-state index contributed by atoms with van der Waals surface area (Å²) in [6.45, 7) is 3.99. The molecule has 7 nitrogen and oxygen atoms in total. The van der Waals surface area contributed by atoms with Crippen molar-refractivity contribution in [3.05, 3.63) is 105 Å². The Balaban J connectivity index is 1.78. The van der Waals surface area contributed by atoms with Gasteiger partial charge in [-0.3, -0.25) is 14.9 Å². The summed E-state index contributed by atoms with van der Waals surface area (Å²) in [6, 6.07) is 20.8. The monoisotopic (exact) mass is 427 g/mol. The van der Waals surface area contributed by atoms with E-state index in [0.717, 1.165) is 16.7 Å². The Morgan fingerprint density at radius 1 is 1.12 bits per heavy atom. The van der Waals surface area contributed by atoms with Crippen LogP contribution < -0.4 is 10.1 Å². The Labute approximate surface area is 185 Å². The van der Waals surface area contributed by atoms with Gasteiger partial charge >= 0.3 is 0 Å². The molecule has 0 radical (unpaired) electrons. The third kappa shape index (κ3) is 5.58. The molecule has 1 N–H and O–H groups in total. The highest BCUT2D eigenvalue weighted by atomic mass is 16.6. The summed E-state index contributed by atoms with van der Waals surface area (Å²) in [6.07, 6.45) is 1.48. The number of nitrogens with one attached hydrogen (secondary N) is 1. The highest BCUT2D eigenvalue weighted by Gasteiger charge is 2.13. The van der Waals surface area contributed by atoms with Gasteiger partial charge in [-0.2, -0.15) is 5.26 Å². The predicted molar refractivity (Wildman–Crippen MR) is 122 cm³/mol. The van der Waals surface area contributed by atoms with Crippen LogP contribution in [0.25, 0.3) is 6.08 Å². The third-order valence-electron chi connectivity index (χ3n) is 4.77. The first-order valence-electron chi connectivity index (χ1n) is 9.83. The quantitative estimate of drug-likeness (QED) is 0.237. The Kier molecular flexibility index (Phi) is 6.99. The summed E-state index contributed by atoms with van der Waals surface area (Å²) in [7, 11) is 0. The molecule has 0 unspecified atom stereocenters. The summed E-state index contributed by atoms with van der Waals surface area (Å²) in [5, 5.41) is 23.1. The van der Waals surface area contributed by atoms with Crippen molar-refractivity contribution < 1.29 is 14.5 Å². The second-order valence-corrected chi connectivity index (χ2v) is 7.19. The molecule has 0 aliphatic carbocycles. The zero-order valence-electron chi connectivity index (χ0n) is 17.7. The molecule has 0 atom stereocenters. The summed E-state index contributed by atoms with van der Waals surface area (Å²) >= 11 is 0. The minimum absolute atomic E-state index is 0.00519. The fraction of sp³-hybridized carbons (Fsp3) is 0.120. The van der Waals surface area contributed by atoms with Crippen LogP contribution in [-0.2, 0) is 11.4 Å². The van der Waals surface area contributed by atoms with Crippen molar-refractivity contribution in [3.8, 4) is 11.8 Å². The Hall–Kier alpha value is -4.44. The first-order valence-corrected chi connectivity index (χ1v) is 9.83. The Bertz CT molecular complexity index is 1220. The van der Waals surface area contributed by atoms with Crippen LogP contribution in [0, 0.1) is 35.3 Å². The second-order valence-electron chi connectivity index (χ2n) is 7.19. The van der Waals surface area contributed by atoms with Crippen LogP contribution in [0.15, 0.2) is 72.3 Å². The van der Waals surface area contributed by atoms with E-state index in [1.807, 2.05) is 38.1 Å². The number of anilines is 1. The van der Waals surface area contributed by atoms with E-state index < -0.39 is 10.8 Å². The number of nitrogens with zero attached hydrogens (tertiary/aromatic N) is 2. The zero-order chi connectivity index (χ0) is 23.1. The molecule has 3 aromatic carbocycles. The minimum Gasteiger partial charge on any atom is -0.488 e. The molecule has 0 aliphatic rings. The van der Waals surface area contributed by atoms with Gasteiger partial charge in [0.1, 0.15) is 24.0 Å². The van der Waals surface area contributed by atoms with Crippen LogP contribution in [0.2, 0.25) is 0 Å². The SMILES string of the molecule is Cc1ccc(C)c(NC(=O)/C(C#N)=C/c2ccccc2OCc2ccc([N+](=O)[O-])cc2)c1. The molecule has 1 amide bonds. The lowest BCUT2D eigenvalue weighted by molar-refractivity contribution is -0.384. The number of carbonyl (C=O) groups excluding carboxylic acids is 1. The summed E-state index contributed by atoms with van der Waals surface area (Å²) in [5.74, 6) is -0.0236. The lowest BCUT2D eigenvalue weighted by Gasteiger charge is -2.11. The molecule has 0 bridgehead atoms. The number of para-hydroxylation sites is 1. The van der Waals surface area contributed by atoms with E-state index in [1.54, 1.807) is 36.4 Å². The van der Waals surface area contributed by atoms with Gasteiger partial charge in [-0.25, -0.2) is 0 Å². The van der Waals surface area contributed by atoms with Gasteiger partial charge in [0, 0.05) is 23.4 Å².